The molecule has 2 rings (SSSR count). The highest BCUT2D eigenvalue weighted by Gasteiger charge is 2.23. The highest BCUT2D eigenvalue weighted by molar-refractivity contribution is 4.80. The van der Waals surface area contributed by atoms with Gasteiger partial charge < -0.3 is 15.1 Å². The van der Waals surface area contributed by atoms with Crippen LogP contribution in [0.15, 0.2) is 0 Å². The van der Waals surface area contributed by atoms with E-state index in [1.54, 1.807) is 0 Å². The van der Waals surface area contributed by atoms with Gasteiger partial charge in [0.05, 0.1) is 0 Å². The Morgan fingerprint density at radius 1 is 1.11 bits per heavy atom. The molecule has 0 saturated carbocycles. The van der Waals surface area contributed by atoms with Gasteiger partial charge in [0.15, 0.2) is 0 Å². The standard InChI is InChI=1S/C16H33N3/c1-3-18-12-6-8-16(14-18)15(2)17-9-7-13-19-10-4-5-11-19/h15-17H,3-14H2,1-2H3. The molecule has 2 fully saturated rings. The third kappa shape index (κ3) is 5.05. The average Bonchev–Trinajstić information content (AvgIpc) is 2.96. The van der Waals surface area contributed by atoms with Crippen molar-refractivity contribution in [2.75, 3.05) is 45.8 Å². The van der Waals surface area contributed by atoms with Gasteiger partial charge in [-0.15, -0.1) is 0 Å². The lowest BCUT2D eigenvalue weighted by molar-refractivity contribution is 0.156. The molecule has 2 saturated heterocycles. The third-order valence-electron chi connectivity index (χ3n) is 5.01. The molecule has 3 heteroatoms. The molecule has 2 aliphatic rings. The predicted octanol–water partition coefficient (Wildman–Crippen LogP) is 2.18. The van der Waals surface area contributed by atoms with Crippen LogP contribution < -0.4 is 5.32 Å². The van der Waals surface area contributed by atoms with Crippen LogP contribution in [-0.2, 0) is 0 Å². The molecule has 0 aromatic rings. The number of nitrogens with zero attached hydrogens (tertiary/aromatic N) is 2. The van der Waals surface area contributed by atoms with Crippen LogP contribution in [-0.4, -0.2) is 61.7 Å². The molecule has 2 unspecified atom stereocenters. The quantitative estimate of drug-likeness (QED) is 0.713. The minimum atomic E-state index is 0.688. The van der Waals surface area contributed by atoms with Crippen LogP contribution in [0.5, 0.6) is 0 Å². The van der Waals surface area contributed by atoms with Gasteiger partial charge in [-0.2, -0.15) is 0 Å². The zero-order valence-electron chi connectivity index (χ0n) is 13.0. The van der Waals surface area contributed by atoms with Gasteiger partial charge >= 0.3 is 0 Å². The molecular formula is C16H33N3. The molecule has 1 N–H and O–H groups in total. The molecule has 0 amide bonds. The number of hydrogen-bond acceptors (Lipinski definition) is 3. The molecule has 0 aromatic heterocycles. The lowest BCUT2D eigenvalue weighted by Crippen LogP contribution is -2.44. The van der Waals surface area contributed by atoms with Crippen LogP contribution >= 0.6 is 0 Å². The Hall–Kier alpha value is -0.120. The van der Waals surface area contributed by atoms with Gasteiger partial charge in [0.25, 0.3) is 0 Å². The molecule has 0 spiro atoms. The molecule has 0 bridgehead atoms. The smallest absolute Gasteiger partial charge is 0.00792 e. The molecule has 2 atom stereocenters. The highest BCUT2D eigenvalue weighted by Crippen LogP contribution is 2.19. The zero-order chi connectivity index (χ0) is 13.5. The second kappa shape index (κ2) is 8.23. The number of piperidine rings is 1. The van der Waals surface area contributed by atoms with E-state index in [1.165, 1.54) is 77.9 Å². The Balaban J connectivity index is 1.56. The first-order chi connectivity index (χ1) is 9.29. The van der Waals surface area contributed by atoms with Crippen molar-refractivity contribution < 1.29 is 0 Å². The highest BCUT2D eigenvalue weighted by atomic mass is 15.1. The molecule has 19 heavy (non-hydrogen) atoms. The van der Waals surface area contributed by atoms with Crippen molar-refractivity contribution >= 4 is 0 Å². The average molecular weight is 267 g/mol. The van der Waals surface area contributed by atoms with Gasteiger partial charge in [-0.05, 0) is 84.2 Å². The van der Waals surface area contributed by atoms with Crippen molar-refractivity contribution in [2.45, 2.75) is 52.0 Å². The van der Waals surface area contributed by atoms with Crippen molar-refractivity contribution in [1.29, 1.82) is 0 Å². The van der Waals surface area contributed by atoms with Crippen LogP contribution in [0.4, 0.5) is 0 Å². The normalized spacial score (nSPS) is 27.8. The summed E-state index contributed by atoms with van der Waals surface area (Å²) >= 11 is 0. The van der Waals surface area contributed by atoms with E-state index < -0.39 is 0 Å². The van der Waals surface area contributed by atoms with Crippen LogP contribution in [0.2, 0.25) is 0 Å². The fourth-order valence-electron chi connectivity index (χ4n) is 3.59. The minimum absolute atomic E-state index is 0.688. The van der Waals surface area contributed by atoms with Gasteiger partial charge in [-0.25, -0.2) is 0 Å². The van der Waals surface area contributed by atoms with Gasteiger partial charge in [0.2, 0.25) is 0 Å². The van der Waals surface area contributed by atoms with E-state index >= 15 is 0 Å². The van der Waals surface area contributed by atoms with Gasteiger partial charge in [0.1, 0.15) is 0 Å². The summed E-state index contributed by atoms with van der Waals surface area (Å²) in [6.07, 6.45) is 6.95. The van der Waals surface area contributed by atoms with Crippen molar-refractivity contribution in [3.8, 4) is 0 Å². The first kappa shape index (κ1) is 15.3. The van der Waals surface area contributed by atoms with Crippen molar-refractivity contribution in [2.24, 2.45) is 5.92 Å². The molecule has 112 valence electrons. The summed E-state index contributed by atoms with van der Waals surface area (Å²) in [5, 5.41) is 3.77. The van der Waals surface area contributed by atoms with E-state index in [0.29, 0.717) is 6.04 Å². The first-order valence-corrected chi connectivity index (χ1v) is 8.47. The molecular weight excluding hydrogens is 234 g/mol. The lowest BCUT2D eigenvalue weighted by atomic mass is 9.91. The largest absolute Gasteiger partial charge is 0.314 e. The molecule has 0 aromatic carbocycles. The Kier molecular flexibility index (Phi) is 6.62. The zero-order valence-corrected chi connectivity index (χ0v) is 13.0. The van der Waals surface area contributed by atoms with Crippen LogP contribution in [0, 0.1) is 5.92 Å². The van der Waals surface area contributed by atoms with Crippen molar-refractivity contribution in [3.63, 3.8) is 0 Å². The SMILES string of the molecule is CCN1CCCC(C(C)NCCCN2CCCC2)C1. The van der Waals surface area contributed by atoms with Crippen LogP contribution in [0.1, 0.15) is 46.0 Å². The second-order valence-corrected chi connectivity index (χ2v) is 6.44. The molecule has 3 nitrogen and oxygen atoms in total. The number of likely N-dealkylation sites (tertiary alicyclic amines) is 2. The van der Waals surface area contributed by atoms with Crippen LogP contribution in [0.3, 0.4) is 0 Å². The second-order valence-electron chi connectivity index (χ2n) is 6.44. The summed E-state index contributed by atoms with van der Waals surface area (Å²) < 4.78 is 0. The molecule has 0 radical (unpaired) electrons. The summed E-state index contributed by atoms with van der Waals surface area (Å²) in [4.78, 5) is 5.22. The maximum absolute atomic E-state index is 3.77. The Bertz CT molecular complexity index is 238. The van der Waals surface area contributed by atoms with Crippen LogP contribution in [0.25, 0.3) is 0 Å². The monoisotopic (exact) mass is 267 g/mol. The molecule has 2 aliphatic heterocycles. The summed E-state index contributed by atoms with van der Waals surface area (Å²) in [6, 6.07) is 0.688. The Morgan fingerprint density at radius 2 is 1.84 bits per heavy atom. The maximum Gasteiger partial charge on any atom is 0.00792 e. The topological polar surface area (TPSA) is 18.5 Å². The Labute approximate surface area is 119 Å². The fraction of sp³-hybridized carbons (Fsp3) is 1.00. The minimum Gasteiger partial charge on any atom is -0.314 e. The van der Waals surface area contributed by atoms with E-state index in [-0.39, 0.29) is 0 Å². The van der Waals surface area contributed by atoms with E-state index in [4.69, 9.17) is 0 Å². The summed E-state index contributed by atoms with van der Waals surface area (Å²) in [5.74, 6) is 0.862. The van der Waals surface area contributed by atoms with Crippen molar-refractivity contribution in [1.82, 2.24) is 15.1 Å². The van der Waals surface area contributed by atoms with Gasteiger partial charge in [-0.1, -0.05) is 6.92 Å². The number of rotatable bonds is 7. The van der Waals surface area contributed by atoms with Crippen molar-refractivity contribution in [3.05, 3.63) is 0 Å². The van der Waals surface area contributed by atoms with E-state index in [9.17, 15) is 0 Å². The van der Waals surface area contributed by atoms with Gasteiger partial charge in [-0.3, -0.25) is 0 Å². The fourth-order valence-corrected chi connectivity index (χ4v) is 3.59. The summed E-state index contributed by atoms with van der Waals surface area (Å²) in [5.41, 5.74) is 0. The lowest BCUT2D eigenvalue weighted by Gasteiger charge is -2.35. The molecule has 2 heterocycles. The third-order valence-corrected chi connectivity index (χ3v) is 5.01. The van der Waals surface area contributed by atoms with E-state index in [1.807, 2.05) is 0 Å². The first-order valence-electron chi connectivity index (χ1n) is 8.47. The Morgan fingerprint density at radius 3 is 2.58 bits per heavy atom. The number of hydrogen-bond donors (Lipinski definition) is 1. The van der Waals surface area contributed by atoms with Gasteiger partial charge in [0, 0.05) is 12.6 Å². The number of nitrogens with one attached hydrogen (secondary N) is 1. The predicted molar refractivity (Wildman–Crippen MR) is 82.6 cm³/mol. The van der Waals surface area contributed by atoms with E-state index in [0.717, 1.165) is 5.92 Å². The molecule has 0 aliphatic carbocycles. The maximum atomic E-state index is 3.77. The summed E-state index contributed by atoms with van der Waals surface area (Å²) in [6.45, 7) is 13.7. The van der Waals surface area contributed by atoms with E-state index in [2.05, 4.69) is 29.0 Å². The summed E-state index contributed by atoms with van der Waals surface area (Å²) in [7, 11) is 0.